The van der Waals surface area contributed by atoms with Crippen LogP contribution < -0.4 is 10.6 Å². The zero-order chi connectivity index (χ0) is 36.0. The highest BCUT2D eigenvalue weighted by molar-refractivity contribution is 6.01. The molecule has 4 rings (SSSR count). The molecule has 6 amide bonds. The highest BCUT2D eigenvalue weighted by Crippen LogP contribution is 2.24. The van der Waals surface area contributed by atoms with E-state index in [0.717, 1.165) is 0 Å². The predicted molar refractivity (Wildman–Crippen MR) is 170 cm³/mol. The molecular weight excluding hydrogens is 649 g/mol. The van der Waals surface area contributed by atoms with Crippen molar-refractivity contribution in [3.8, 4) is 0 Å². The number of ketones is 1. The number of hydrogen-bond acceptors (Lipinski definition) is 7. The molecule has 3 fully saturated rings. The molecule has 0 saturated carbocycles. The summed E-state index contributed by atoms with van der Waals surface area (Å²) < 4.78 is 44.7. The van der Waals surface area contributed by atoms with Gasteiger partial charge in [0.05, 0.1) is 19.3 Å². The molecule has 0 radical (unpaired) electrons. The minimum absolute atomic E-state index is 0.0651. The second kappa shape index (κ2) is 16.0. The number of Topliss-reactive ketones (excluding diaryl/α,β-unsaturated/α-hetero) is 1. The summed E-state index contributed by atoms with van der Waals surface area (Å²) in [7, 11) is 0. The van der Waals surface area contributed by atoms with Gasteiger partial charge in [0.25, 0.3) is 17.6 Å². The van der Waals surface area contributed by atoms with Crippen LogP contribution in [0.25, 0.3) is 0 Å². The molecule has 2 unspecified atom stereocenters. The van der Waals surface area contributed by atoms with E-state index < -0.39 is 59.6 Å². The third-order valence-electron chi connectivity index (χ3n) is 9.10. The van der Waals surface area contributed by atoms with E-state index >= 15 is 0 Å². The molecule has 0 bridgehead atoms. The van der Waals surface area contributed by atoms with Gasteiger partial charge in [0.15, 0.2) is 0 Å². The maximum atomic E-state index is 13.7. The third kappa shape index (κ3) is 9.08. The van der Waals surface area contributed by atoms with Crippen molar-refractivity contribution in [3.05, 3.63) is 35.4 Å². The first kappa shape index (κ1) is 37.6. The average Bonchev–Trinajstić information content (AvgIpc) is 3.58. The third-order valence-corrected chi connectivity index (χ3v) is 9.10. The molecule has 1 aromatic rings. The summed E-state index contributed by atoms with van der Waals surface area (Å²) in [6.45, 7) is 9.95. The Hall–Kier alpha value is -4.21. The monoisotopic (exact) mass is 694 g/mol. The van der Waals surface area contributed by atoms with Crippen molar-refractivity contribution in [2.24, 2.45) is 11.8 Å². The molecule has 16 heteroatoms. The lowest BCUT2D eigenvalue weighted by atomic mass is 9.98. The first-order valence-electron chi connectivity index (χ1n) is 16.6. The quantitative estimate of drug-likeness (QED) is 0.402. The summed E-state index contributed by atoms with van der Waals surface area (Å²) in [5.74, 6) is -5.57. The van der Waals surface area contributed by atoms with Crippen molar-refractivity contribution in [2.45, 2.75) is 64.8 Å². The highest BCUT2D eigenvalue weighted by Gasteiger charge is 2.47. The van der Waals surface area contributed by atoms with Crippen molar-refractivity contribution in [1.82, 2.24) is 30.2 Å². The van der Waals surface area contributed by atoms with Gasteiger partial charge in [-0.15, -0.1) is 0 Å². The zero-order valence-electron chi connectivity index (χ0n) is 28.3. The summed E-state index contributed by atoms with van der Waals surface area (Å²) >= 11 is 0. The Bertz CT molecular complexity index is 1390. The Morgan fingerprint density at radius 2 is 1.27 bits per heavy atom. The molecule has 3 atom stereocenters. The van der Waals surface area contributed by atoms with Crippen LogP contribution in [0.15, 0.2) is 24.3 Å². The summed E-state index contributed by atoms with van der Waals surface area (Å²) in [6, 6.07) is 1.95. The van der Waals surface area contributed by atoms with Crippen molar-refractivity contribution in [3.63, 3.8) is 0 Å². The van der Waals surface area contributed by atoms with E-state index in [2.05, 4.69) is 10.6 Å². The standard InChI is InChI=1S/C33H45F3N6O7/c1-20(2)25(27(43)33(34,35)36)37-29(45)24-6-5-11-42(24)31(47)26(21(3)4)38-28(44)22-7-9-23(10-8-22)30(46)39-12-14-40(15-13-39)32(48)41-16-18-49-19-17-41/h7-10,20-21,24-26H,5-6,11-19H2,1-4H3,(H,37,45)(H,38,44)/t24?,25?,26-/m0/s1. The minimum Gasteiger partial charge on any atom is -0.378 e. The second-order valence-corrected chi connectivity index (χ2v) is 13.2. The lowest BCUT2D eigenvalue weighted by molar-refractivity contribution is -0.175. The van der Waals surface area contributed by atoms with Gasteiger partial charge in [-0.1, -0.05) is 27.7 Å². The van der Waals surface area contributed by atoms with E-state index in [4.69, 9.17) is 4.74 Å². The van der Waals surface area contributed by atoms with Gasteiger partial charge in [-0.05, 0) is 48.9 Å². The average molecular weight is 695 g/mol. The fraction of sp³-hybridized carbons (Fsp3) is 0.636. The molecular formula is C33H45F3N6O7. The van der Waals surface area contributed by atoms with Gasteiger partial charge in [-0.2, -0.15) is 13.2 Å². The number of nitrogens with one attached hydrogen (secondary N) is 2. The number of piperazine rings is 1. The lowest BCUT2D eigenvalue weighted by Crippen LogP contribution is -2.58. The van der Waals surface area contributed by atoms with Crippen LogP contribution in [0.3, 0.4) is 0 Å². The molecule has 49 heavy (non-hydrogen) atoms. The molecule has 0 aliphatic carbocycles. The second-order valence-electron chi connectivity index (χ2n) is 13.2. The smallest absolute Gasteiger partial charge is 0.378 e. The van der Waals surface area contributed by atoms with Crippen molar-refractivity contribution < 1.29 is 46.7 Å². The van der Waals surface area contributed by atoms with Crippen molar-refractivity contribution in [2.75, 3.05) is 59.0 Å². The van der Waals surface area contributed by atoms with Crippen molar-refractivity contribution in [1.29, 1.82) is 0 Å². The van der Waals surface area contributed by atoms with Gasteiger partial charge in [0.1, 0.15) is 12.1 Å². The topological polar surface area (TPSA) is 149 Å². The molecule has 3 saturated heterocycles. The number of carbonyl (C=O) groups excluding carboxylic acids is 6. The van der Waals surface area contributed by atoms with Crippen LogP contribution in [-0.2, 0) is 19.1 Å². The molecule has 0 aromatic heterocycles. The normalized spacial score (nSPS) is 19.9. The van der Waals surface area contributed by atoms with Crippen LogP contribution >= 0.6 is 0 Å². The molecule has 3 heterocycles. The van der Waals surface area contributed by atoms with Crippen LogP contribution in [0, 0.1) is 11.8 Å². The molecule has 13 nitrogen and oxygen atoms in total. The van der Waals surface area contributed by atoms with Crippen LogP contribution in [0.5, 0.6) is 0 Å². The van der Waals surface area contributed by atoms with E-state index in [0.29, 0.717) is 64.5 Å². The molecule has 3 aliphatic rings. The number of halogens is 3. The number of urea groups is 1. The first-order valence-corrected chi connectivity index (χ1v) is 16.6. The van der Waals surface area contributed by atoms with Crippen molar-refractivity contribution >= 4 is 35.4 Å². The van der Waals surface area contributed by atoms with Gasteiger partial charge >= 0.3 is 12.2 Å². The number of ether oxygens (including phenoxy) is 1. The predicted octanol–water partition coefficient (Wildman–Crippen LogP) is 1.91. The van der Waals surface area contributed by atoms with E-state index in [1.54, 1.807) is 28.5 Å². The zero-order valence-corrected chi connectivity index (χ0v) is 28.3. The number of nitrogens with zero attached hydrogens (tertiary/aromatic N) is 4. The number of hydrogen-bond donors (Lipinski definition) is 2. The van der Waals surface area contributed by atoms with Crippen LogP contribution in [0.1, 0.15) is 61.3 Å². The Morgan fingerprint density at radius 3 is 1.82 bits per heavy atom. The highest BCUT2D eigenvalue weighted by atomic mass is 19.4. The van der Waals surface area contributed by atoms with Gasteiger partial charge < -0.3 is 35.0 Å². The molecule has 1 aromatic carbocycles. The number of alkyl halides is 3. The van der Waals surface area contributed by atoms with E-state index in [1.165, 1.54) is 43.0 Å². The SMILES string of the molecule is CC(C)C(NC(=O)C1CCCN1C(=O)[C@@H](NC(=O)c1ccc(C(=O)N2CCN(C(=O)N3CCOCC3)CC2)cc1)C(C)C)C(=O)C(F)(F)F. The molecule has 0 spiro atoms. The van der Waals surface area contributed by atoms with Crippen LogP contribution in [-0.4, -0.2) is 138 Å². The Kier molecular flexibility index (Phi) is 12.3. The number of carbonyl (C=O) groups is 6. The fourth-order valence-electron chi connectivity index (χ4n) is 6.18. The number of benzene rings is 1. The maximum Gasteiger partial charge on any atom is 0.452 e. The molecule has 270 valence electrons. The fourth-order valence-corrected chi connectivity index (χ4v) is 6.18. The van der Waals surface area contributed by atoms with Gasteiger partial charge in [-0.25, -0.2) is 4.79 Å². The molecule has 2 N–H and O–H groups in total. The largest absolute Gasteiger partial charge is 0.452 e. The number of amides is 6. The van der Waals surface area contributed by atoms with Gasteiger partial charge in [0.2, 0.25) is 11.8 Å². The van der Waals surface area contributed by atoms with Gasteiger partial charge in [-0.3, -0.25) is 24.0 Å². The number of morpholine rings is 1. The van der Waals surface area contributed by atoms with E-state index in [1.807, 2.05) is 0 Å². The summed E-state index contributed by atoms with van der Waals surface area (Å²) in [5.41, 5.74) is 0.549. The summed E-state index contributed by atoms with van der Waals surface area (Å²) in [5, 5.41) is 4.91. The molecule has 3 aliphatic heterocycles. The van der Waals surface area contributed by atoms with Crippen LogP contribution in [0.4, 0.5) is 18.0 Å². The van der Waals surface area contributed by atoms with Crippen LogP contribution in [0.2, 0.25) is 0 Å². The van der Waals surface area contributed by atoms with Gasteiger partial charge in [0, 0.05) is 56.9 Å². The summed E-state index contributed by atoms with van der Waals surface area (Å²) in [4.78, 5) is 84.2. The summed E-state index contributed by atoms with van der Waals surface area (Å²) in [6.07, 6.45) is -4.53. The van der Waals surface area contributed by atoms with E-state index in [9.17, 15) is 41.9 Å². The number of rotatable bonds is 9. The lowest BCUT2D eigenvalue weighted by Gasteiger charge is -2.38. The maximum absolute atomic E-state index is 13.7. The Balaban J connectivity index is 1.35. The first-order chi connectivity index (χ1) is 23.1. The minimum atomic E-state index is -5.13. The van der Waals surface area contributed by atoms with E-state index in [-0.39, 0.29) is 30.5 Å². The Labute approximate surface area is 283 Å². The Morgan fingerprint density at radius 1 is 0.735 bits per heavy atom. The number of likely N-dealkylation sites (tertiary alicyclic amines) is 1.